The maximum absolute atomic E-state index is 12.5. The summed E-state index contributed by atoms with van der Waals surface area (Å²) in [5.74, 6) is -0.505. The largest absolute Gasteiger partial charge is 0.292 e. The summed E-state index contributed by atoms with van der Waals surface area (Å²) in [5, 5.41) is 0. The summed E-state index contributed by atoms with van der Waals surface area (Å²) in [6.45, 7) is 5.57. The lowest BCUT2D eigenvalue weighted by Crippen LogP contribution is -2.02. The number of hydrogen-bond acceptors (Lipinski definition) is 2. The highest BCUT2D eigenvalue weighted by atomic mass is 19.1. The number of allylic oxidation sites excluding steroid dienone is 1. The maximum atomic E-state index is 12.5. The summed E-state index contributed by atoms with van der Waals surface area (Å²) < 4.78 is 12.5. The molecule has 0 saturated carbocycles. The normalized spacial score (nSPS) is 9.86. The van der Waals surface area contributed by atoms with Gasteiger partial charge in [-0.05, 0) is 25.5 Å². The molecule has 0 bridgehead atoms. The van der Waals surface area contributed by atoms with Gasteiger partial charge in [0.15, 0.2) is 5.78 Å². The average Bonchev–Trinajstić information content (AvgIpc) is 2.15. The zero-order valence-corrected chi connectivity index (χ0v) is 8.09. The van der Waals surface area contributed by atoms with Gasteiger partial charge < -0.3 is 0 Å². The van der Waals surface area contributed by atoms with Crippen LogP contribution in [0.4, 0.5) is 4.39 Å². The molecule has 0 N–H and O–H groups in total. The smallest absolute Gasteiger partial charge is 0.181 e. The number of halogens is 1. The minimum atomic E-state index is -0.429. The Balaban J connectivity index is 2.61. The van der Waals surface area contributed by atoms with Crippen LogP contribution in [0.15, 0.2) is 30.5 Å². The van der Waals surface area contributed by atoms with Crippen molar-refractivity contribution in [1.82, 2.24) is 4.98 Å². The van der Waals surface area contributed by atoms with E-state index in [1.807, 2.05) is 6.92 Å². The number of Topliss-reactive ketones (excluding diaryl/α,β-unsaturated/α-hetero) is 1. The fourth-order valence-corrected chi connectivity index (χ4v) is 0.996. The molecule has 74 valence electrons. The van der Waals surface area contributed by atoms with E-state index in [4.69, 9.17) is 0 Å². The Morgan fingerprint density at radius 3 is 2.71 bits per heavy atom. The van der Waals surface area contributed by atoms with Gasteiger partial charge >= 0.3 is 0 Å². The van der Waals surface area contributed by atoms with Gasteiger partial charge in [-0.15, -0.1) is 6.58 Å². The molecule has 0 aromatic carbocycles. The van der Waals surface area contributed by atoms with E-state index in [-0.39, 0.29) is 5.78 Å². The molecule has 1 aromatic rings. The molecule has 0 aliphatic rings. The molecule has 1 heterocycles. The van der Waals surface area contributed by atoms with Crippen molar-refractivity contribution < 1.29 is 9.18 Å². The number of pyridine rings is 1. The van der Waals surface area contributed by atoms with Gasteiger partial charge in [-0.25, -0.2) is 4.39 Å². The standard InChI is InChI=1S/C11H12FNO/c1-8(2)3-6-11(14)10-5-4-9(12)7-13-10/h4-5,7H,1,3,6H2,2H3. The molecule has 1 rings (SSSR count). The number of carbonyl (C=O) groups excluding carboxylic acids is 1. The second-order valence-corrected chi connectivity index (χ2v) is 3.24. The van der Waals surface area contributed by atoms with Crippen LogP contribution in [0.1, 0.15) is 30.3 Å². The lowest BCUT2D eigenvalue weighted by molar-refractivity contribution is 0.0978. The van der Waals surface area contributed by atoms with E-state index in [0.717, 1.165) is 11.8 Å². The van der Waals surface area contributed by atoms with Crippen LogP contribution in [0.2, 0.25) is 0 Å². The van der Waals surface area contributed by atoms with Gasteiger partial charge in [0, 0.05) is 6.42 Å². The lowest BCUT2D eigenvalue weighted by atomic mass is 10.1. The Hall–Kier alpha value is -1.51. The van der Waals surface area contributed by atoms with Gasteiger partial charge in [0.05, 0.1) is 6.20 Å². The molecule has 3 heteroatoms. The van der Waals surface area contributed by atoms with Crippen molar-refractivity contribution in [1.29, 1.82) is 0 Å². The topological polar surface area (TPSA) is 30.0 Å². The molecule has 0 unspecified atom stereocenters. The van der Waals surface area contributed by atoms with Crippen molar-refractivity contribution in [2.24, 2.45) is 0 Å². The number of carbonyl (C=O) groups is 1. The SMILES string of the molecule is C=C(C)CCC(=O)c1ccc(F)cn1. The number of hydrogen-bond donors (Lipinski definition) is 0. The second-order valence-electron chi connectivity index (χ2n) is 3.24. The first kappa shape index (κ1) is 10.6. The quantitative estimate of drug-likeness (QED) is 0.543. The van der Waals surface area contributed by atoms with Crippen LogP contribution < -0.4 is 0 Å². The molecule has 0 spiro atoms. The lowest BCUT2D eigenvalue weighted by Gasteiger charge is -1.99. The first-order valence-corrected chi connectivity index (χ1v) is 4.38. The second kappa shape index (κ2) is 4.65. The molecule has 0 aliphatic carbocycles. The van der Waals surface area contributed by atoms with E-state index >= 15 is 0 Å². The van der Waals surface area contributed by atoms with E-state index in [1.165, 1.54) is 12.1 Å². The molecule has 0 amide bonds. The summed E-state index contributed by atoms with van der Waals surface area (Å²) in [4.78, 5) is 15.1. The van der Waals surface area contributed by atoms with Gasteiger partial charge in [0.1, 0.15) is 11.5 Å². The summed E-state index contributed by atoms with van der Waals surface area (Å²) >= 11 is 0. The number of aromatic nitrogens is 1. The predicted molar refractivity (Wildman–Crippen MR) is 52.6 cm³/mol. The molecule has 1 aromatic heterocycles. The number of nitrogens with zero attached hydrogens (tertiary/aromatic N) is 1. The van der Waals surface area contributed by atoms with Crippen LogP contribution in [0.5, 0.6) is 0 Å². The first-order chi connectivity index (χ1) is 6.59. The molecule has 0 radical (unpaired) electrons. The average molecular weight is 193 g/mol. The van der Waals surface area contributed by atoms with E-state index in [0.29, 0.717) is 18.5 Å². The van der Waals surface area contributed by atoms with Gasteiger partial charge in [-0.3, -0.25) is 9.78 Å². The summed E-state index contributed by atoms with van der Waals surface area (Å²) in [5.41, 5.74) is 1.27. The Bertz CT molecular complexity index is 343. The molecular formula is C11H12FNO. The monoisotopic (exact) mass is 193 g/mol. The molecule has 14 heavy (non-hydrogen) atoms. The maximum Gasteiger partial charge on any atom is 0.181 e. The van der Waals surface area contributed by atoms with Crippen molar-refractivity contribution in [3.8, 4) is 0 Å². The van der Waals surface area contributed by atoms with Crippen molar-refractivity contribution in [2.75, 3.05) is 0 Å². The zero-order valence-electron chi connectivity index (χ0n) is 8.09. The highest BCUT2D eigenvalue weighted by Gasteiger charge is 2.06. The fourth-order valence-electron chi connectivity index (χ4n) is 0.996. The number of rotatable bonds is 4. The van der Waals surface area contributed by atoms with Crippen LogP contribution >= 0.6 is 0 Å². The third-order valence-electron chi connectivity index (χ3n) is 1.79. The van der Waals surface area contributed by atoms with Gasteiger partial charge in [-0.1, -0.05) is 5.57 Å². The third kappa shape index (κ3) is 3.09. The highest BCUT2D eigenvalue weighted by molar-refractivity contribution is 5.94. The summed E-state index contributed by atoms with van der Waals surface area (Å²) in [7, 11) is 0. The van der Waals surface area contributed by atoms with Gasteiger partial charge in [0.25, 0.3) is 0 Å². The predicted octanol–water partition coefficient (Wildman–Crippen LogP) is 2.76. The van der Waals surface area contributed by atoms with Gasteiger partial charge in [-0.2, -0.15) is 0 Å². The minimum absolute atomic E-state index is 0.0759. The number of ketones is 1. The molecule has 2 nitrogen and oxygen atoms in total. The zero-order chi connectivity index (χ0) is 10.6. The van der Waals surface area contributed by atoms with Crippen molar-refractivity contribution in [2.45, 2.75) is 19.8 Å². The Morgan fingerprint density at radius 2 is 2.21 bits per heavy atom. The molecule has 0 fully saturated rings. The Kier molecular flexibility index (Phi) is 3.51. The van der Waals surface area contributed by atoms with E-state index < -0.39 is 5.82 Å². The summed E-state index contributed by atoms with van der Waals surface area (Å²) in [6.07, 6.45) is 2.08. The van der Waals surface area contributed by atoms with Crippen LogP contribution in [0, 0.1) is 5.82 Å². The third-order valence-corrected chi connectivity index (χ3v) is 1.79. The Morgan fingerprint density at radius 1 is 1.50 bits per heavy atom. The first-order valence-electron chi connectivity index (χ1n) is 4.38. The van der Waals surface area contributed by atoms with Gasteiger partial charge in [0.2, 0.25) is 0 Å². The van der Waals surface area contributed by atoms with E-state index in [9.17, 15) is 9.18 Å². The van der Waals surface area contributed by atoms with E-state index in [2.05, 4.69) is 11.6 Å². The van der Waals surface area contributed by atoms with Crippen molar-refractivity contribution in [3.63, 3.8) is 0 Å². The molecule has 0 saturated heterocycles. The molecule has 0 aliphatic heterocycles. The van der Waals surface area contributed by atoms with E-state index in [1.54, 1.807) is 0 Å². The van der Waals surface area contributed by atoms with Crippen LogP contribution in [-0.4, -0.2) is 10.8 Å². The highest BCUT2D eigenvalue weighted by Crippen LogP contribution is 2.07. The van der Waals surface area contributed by atoms with Crippen LogP contribution in [0.25, 0.3) is 0 Å². The summed E-state index contributed by atoms with van der Waals surface area (Å²) in [6, 6.07) is 2.64. The van der Waals surface area contributed by atoms with Crippen molar-refractivity contribution in [3.05, 3.63) is 42.0 Å². The Labute approximate surface area is 82.5 Å². The minimum Gasteiger partial charge on any atom is -0.292 e. The molecule has 0 atom stereocenters. The van der Waals surface area contributed by atoms with Crippen molar-refractivity contribution >= 4 is 5.78 Å². The van der Waals surface area contributed by atoms with Crippen LogP contribution in [-0.2, 0) is 0 Å². The molecular weight excluding hydrogens is 181 g/mol. The van der Waals surface area contributed by atoms with Crippen LogP contribution in [0.3, 0.4) is 0 Å². The fraction of sp³-hybridized carbons (Fsp3) is 0.273.